The Morgan fingerprint density at radius 2 is 1.26 bits per heavy atom. The van der Waals surface area contributed by atoms with Crippen LogP contribution in [0.1, 0.15) is 27.2 Å². The zero-order valence-electron chi connectivity index (χ0n) is 20.5. The molecular weight excluding hydrogens is 450 g/mol. The van der Waals surface area contributed by atoms with E-state index >= 15 is 0 Å². The second-order valence-corrected chi connectivity index (χ2v) is 8.38. The summed E-state index contributed by atoms with van der Waals surface area (Å²) in [6.45, 7) is 8.33. The average molecular weight is 492 g/mol. The first kappa shape index (κ1) is 31.7. The number of carbonyl (C=O) groups is 4. The van der Waals surface area contributed by atoms with Gasteiger partial charge in [-0.1, -0.05) is 0 Å². The van der Waals surface area contributed by atoms with Crippen LogP contribution in [0, 0.1) is 0 Å². The van der Waals surface area contributed by atoms with Crippen molar-refractivity contribution >= 4 is 23.8 Å². The van der Waals surface area contributed by atoms with Crippen LogP contribution in [0.25, 0.3) is 0 Å². The molecule has 6 N–H and O–H groups in total. The highest BCUT2D eigenvalue weighted by Crippen LogP contribution is 2.12. The Balaban J connectivity index is 4.79. The molecule has 0 atom stereocenters. The van der Waals surface area contributed by atoms with Crippen molar-refractivity contribution in [2.24, 2.45) is 0 Å². The SMILES string of the molecule is CCOC(C)(C)CCNC(=O)CN(CCNCC(=O)O)CCN(CCNCC(=O)O)CC(=O)O. The van der Waals surface area contributed by atoms with Gasteiger partial charge in [0.1, 0.15) is 0 Å². The molecule has 0 aliphatic carbocycles. The first-order valence-corrected chi connectivity index (χ1v) is 11.4. The highest BCUT2D eigenvalue weighted by molar-refractivity contribution is 5.78. The van der Waals surface area contributed by atoms with E-state index in [1.807, 2.05) is 25.7 Å². The highest BCUT2D eigenvalue weighted by Gasteiger charge is 2.19. The Kier molecular flexibility index (Phi) is 16.8. The number of nitrogens with one attached hydrogen (secondary N) is 3. The van der Waals surface area contributed by atoms with E-state index in [4.69, 9.17) is 20.1 Å². The van der Waals surface area contributed by atoms with Crippen LogP contribution in [0.15, 0.2) is 0 Å². The molecular formula is C21H41N5O8. The Morgan fingerprint density at radius 3 is 1.71 bits per heavy atom. The van der Waals surface area contributed by atoms with Gasteiger partial charge in [0.15, 0.2) is 0 Å². The van der Waals surface area contributed by atoms with E-state index in [-0.39, 0.29) is 37.7 Å². The van der Waals surface area contributed by atoms with Gasteiger partial charge in [0.2, 0.25) is 5.91 Å². The van der Waals surface area contributed by atoms with Gasteiger partial charge < -0.3 is 36.0 Å². The van der Waals surface area contributed by atoms with Gasteiger partial charge in [0.25, 0.3) is 0 Å². The van der Waals surface area contributed by atoms with E-state index in [2.05, 4.69) is 16.0 Å². The predicted octanol–water partition coefficient (Wildman–Crippen LogP) is -1.66. The molecule has 0 bridgehead atoms. The highest BCUT2D eigenvalue weighted by atomic mass is 16.5. The lowest BCUT2D eigenvalue weighted by atomic mass is 10.1. The fourth-order valence-corrected chi connectivity index (χ4v) is 3.10. The molecule has 13 nitrogen and oxygen atoms in total. The summed E-state index contributed by atoms with van der Waals surface area (Å²) in [6.07, 6.45) is 0.641. The summed E-state index contributed by atoms with van der Waals surface area (Å²) in [4.78, 5) is 48.4. The fraction of sp³-hybridized carbons (Fsp3) is 0.810. The number of nitrogens with zero attached hydrogens (tertiary/aromatic N) is 2. The van der Waals surface area contributed by atoms with Gasteiger partial charge in [-0.25, -0.2) is 0 Å². The third-order valence-corrected chi connectivity index (χ3v) is 4.80. The van der Waals surface area contributed by atoms with Gasteiger partial charge in [0.05, 0.1) is 31.8 Å². The third kappa shape index (κ3) is 19.2. The molecule has 0 radical (unpaired) electrons. The number of aliphatic carboxylic acids is 3. The number of amides is 1. The molecule has 34 heavy (non-hydrogen) atoms. The average Bonchev–Trinajstić information content (AvgIpc) is 2.70. The smallest absolute Gasteiger partial charge is 0.317 e. The molecule has 0 fully saturated rings. The number of rotatable bonds is 22. The quantitative estimate of drug-likeness (QED) is 0.0951. The molecule has 0 aliphatic heterocycles. The molecule has 13 heteroatoms. The lowest BCUT2D eigenvalue weighted by Gasteiger charge is -2.27. The number of hydrogen-bond donors (Lipinski definition) is 6. The van der Waals surface area contributed by atoms with Crippen molar-refractivity contribution in [2.45, 2.75) is 32.8 Å². The van der Waals surface area contributed by atoms with E-state index in [0.717, 1.165) is 0 Å². The van der Waals surface area contributed by atoms with Gasteiger partial charge in [-0.15, -0.1) is 0 Å². The number of carboxylic acids is 3. The predicted molar refractivity (Wildman–Crippen MR) is 125 cm³/mol. The topological polar surface area (TPSA) is 181 Å². The lowest BCUT2D eigenvalue weighted by Crippen LogP contribution is -2.46. The molecule has 0 unspecified atom stereocenters. The van der Waals surface area contributed by atoms with E-state index in [0.29, 0.717) is 58.8 Å². The molecule has 0 aromatic rings. The van der Waals surface area contributed by atoms with Gasteiger partial charge in [-0.3, -0.25) is 29.0 Å². The molecule has 1 amide bonds. The van der Waals surface area contributed by atoms with Crippen molar-refractivity contribution in [2.75, 3.05) is 78.6 Å². The minimum absolute atomic E-state index is 0.0714. The van der Waals surface area contributed by atoms with Crippen molar-refractivity contribution in [3.05, 3.63) is 0 Å². The van der Waals surface area contributed by atoms with E-state index in [1.54, 1.807) is 4.90 Å². The normalized spacial score (nSPS) is 11.7. The maximum absolute atomic E-state index is 12.5. The third-order valence-electron chi connectivity index (χ3n) is 4.80. The largest absolute Gasteiger partial charge is 0.480 e. The zero-order valence-corrected chi connectivity index (χ0v) is 20.5. The van der Waals surface area contributed by atoms with Crippen LogP contribution in [-0.2, 0) is 23.9 Å². The first-order chi connectivity index (χ1) is 15.9. The van der Waals surface area contributed by atoms with E-state index in [1.165, 1.54) is 0 Å². The summed E-state index contributed by atoms with van der Waals surface area (Å²) in [5, 5.41) is 35.0. The maximum atomic E-state index is 12.5. The fourth-order valence-electron chi connectivity index (χ4n) is 3.10. The number of carbonyl (C=O) groups excluding carboxylic acids is 1. The zero-order chi connectivity index (χ0) is 26.0. The molecule has 198 valence electrons. The second kappa shape index (κ2) is 18.1. The molecule has 0 heterocycles. The van der Waals surface area contributed by atoms with Crippen LogP contribution in [0.4, 0.5) is 0 Å². The summed E-state index contributed by atoms with van der Waals surface area (Å²) in [5.41, 5.74) is -0.353. The van der Waals surface area contributed by atoms with Crippen molar-refractivity contribution in [3.63, 3.8) is 0 Å². The minimum atomic E-state index is -1.01. The second-order valence-electron chi connectivity index (χ2n) is 8.38. The van der Waals surface area contributed by atoms with E-state index in [9.17, 15) is 19.2 Å². The summed E-state index contributed by atoms with van der Waals surface area (Å²) in [5.74, 6) is -3.19. The van der Waals surface area contributed by atoms with Crippen LogP contribution >= 0.6 is 0 Å². The summed E-state index contributed by atoms with van der Waals surface area (Å²) < 4.78 is 5.62. The molecule has 0 rings (SSSR count). The summed E-state index contributed by atoms with van der Waals surface area (Å²) >= 11 is 0. The molecule has 0 aliphatic rings. The van der Waals surface area contributed by atoms with Crippen molar-refractivity contribution < 1.29 is 39.2 Å². The van der Waals surface area contributed by atoms with Crippen LogP contribution in [0.5, 0.6) is 0 Å². The summed E-state index contributed by atoms with van der Waals surface area (Å²) in [6, 6.07) is 0. The molecule has 0 aromatic carbocycles. The first-order valence-electron chi connectivity index (χ1n) is 11.4. The Hall–Kier alpha value is -2.32. The van der Waals surface area contributed by atoms with Crippen LogP contribution in [0.3, 0.4) is 0 Å². The standard InChI is InChI=1S/C21H41N5O8/c1-4-34-21(2,3)5-6-24-17(27)15-25(9-7-22-13-18(28)29)11-12-26(16-20(32)33)10-8-23-14-19(30)31/h22-23H,4-16H2,1-3H3,(H,24,27)(H,28,29)(H,30,31)(H,32,33). The van der Waals surface area contributed by atoms with Gasteiger partial charge in [-0.2, -0.15) is 0 Å². The number of carboxylic acid groups (broad SMARTS) is 3. The Labute approximate surface area is 200 Å². The van der Waals surface area contributed by atoms with Crippen LogP contribution < -0.4 is 16.0 Å². The number of ether oxygens (including phenoxy) is 1. The Bertz CT molecular complexity index is 632. The van der Waals surface area contributed by atoms with Gasteiger partial charge >= 0.3 is 17.9 Å². The maximum Gasteiger partial charge on any atom is 0.317 e. The molecule has 0 saturated carbocycles. The monoisotopic (exact) mass is 491 g/mol. The summed E-state index contributed by atoms with van der Waals surface area (Å²) in [7, 11) is 0. The van der Waals surface area contributed by atoms with Crippen molar-refractivity contribution in [3.8, 4) is 0 Å². The van der Waals surface area contributed by atoms with Crippen molar-refractivity contribution in [1.29, 1.82) is 0 Å². The Morgan fingerprint density at radius 1 is 0.765 bits per heavy atom. The van der Waals surface area contributed by atoms with Crippen molar-refractivity contribution in [1.82, 2.24) is 25.8 Å². The molecule has 0 aromatic heterocycles. The number of hydrogen-bond acceptors (Lipinski definition) is 9. The van der Waals surface area contributed by atoms with E-state index < -0.39 is 17.9 Å². The van der Waals surface area contributed by atoms with Crippen LogP contribution in [-0.4, -0.2) is 133 Å². The lowest BCUT2D eigenvalue weighted by molar-refractivity contribution is -0.139. The van der Waals surface area contributed by atoms with Gasteiger partial charge in [0, 0.05) is 52.4 Å². The molecule has 0 spiro atoms. The van der Waals surface area contributed by atoms with Gasteiger partial charge in [-0.05, 0) is 27.2 Å². The minimum Gasteiger partial charge on any atom is -0.480 e. The van der Waals surface area contributed by atoms with Crippen LogP contribution in [0.2, 0.25) is 0 Å². The molecule has 0 saturated heterocycles.